The molecule has 0 bridgehead atoms. The summed E-state index contributed by atoms with van der Waals surface area (Å²) in [5, 5.41) is 0.433. The molecular formula is C33H32ClNO6. The summed E-state index contributed by atoms with van der Waals surface area (Å²) >= 11 is 6.13. The van der Waals surface area contributed by atoms with E-state index in [-0.39, 0.29) is 11.5 Å². The molecule has 4 rings (SSSR count). The van der Waals surface area contributed by atoms with E-state index in [4.69, 9.17) is 30.5 Å². The minimum atomic E-state index is -0.521. The van der Waals surface area contributed by atoms with Crippen LogP contribution in [0.4, 0.5) is 0 Å². The number of halogens is 1. The zero-order chi connectivity index (χ0) is 29.2. The molecule has 4 aromatic rings. The van der Waals surface area contributed by atoms with E-state index in [9.17, 15) is 9.59 Å². The van der Waals surface area contributed by atoms with Gasteiger partial charge >= 0.3 is 5.97 Å². The Morgan fingerprint density at radius 1 is 0.756 bits per heavy atom. The van der Waals surface area contributed by atoms with Gasteiger partial charge in [-0.1, -0.05) is 54.1 Å². The second-order valence-electron chi connectivity index (χ2n) is 9.30. The van der Waals surface area contributed by atoms with Crippen molar-refractivity contribution in [2.45, 2.75) is 19.4 Å². The van der Waals surface area contributed by atoms with Crippen molar-refractivity contribution in [1.29, 1.82) is 0 Å². The fourth-order valence-electron chi connectivity index (χ4n) is 4.35. The van der Waals surface area contributed by atoms with Crippen LogP contribution in [0.5, 0.6) is 23.0 Å². The third-order valence-corrected chi connectivity index (χ3v) is 6.73. The maximum atomic E-state index is 13.7. The summed E-state index contributed by atoms with van der Waals surface area (Å²) in [6.07, 6.45) is 1.64. The van der Waals surface area contributed by atoms with E-state index in [0.717, 1.165) is 18.4 Å². The molecule has 0 aliphatic rings. The summed E-state index contributed by atoms with van der Waals surface area (Å²) in [6.45, 7) is 0.939. The van der Waals surface area contributed by atoms with E-state index in [0.29, 0.717) is 46.7 Å². The summed E-state index contributed by atoms with van der Waals surface area (Å²) in [5.74, 6) is 1.25. The SMILES string of the molecule is COC(=O)c1ccc(Cl)cc1Oc1ccc(CN(CCCc2ccccc2)C(=O)c2cc(OC)cc(OC)c2)cc1. The maximum Gasteiger partial charge on any atom is 0.341 e. The number of hydrogen-bond donors (Lipinski definition) is 0. The fraction of sp³-hybridized carbons (Fsp3) is 0.212. The molecule has 0 heterocycles. The van der Waals surface area contributed by atoms with Crippen molar-refractivity contribution < 1.29 is 28.5 Å². The zero-order valence-electron chi connectivity index (χ0n) is 23.3. The normalized spacial score (nSPS) is 10.5. The van der Waals surface area contributed by atoms with Gasteiger partial charge in [0, 0.05) is 35.8 Å². The van der Waals surface area contributed by atoms with Gasteiger partial charge in [-0.2, -0.15) is 0 Å². The number of ether oxygens (including phenoxy) is 4. The van der Waals surface area contributed by atoms with Gasteiger partial charge in [-0.15, -0.1) is 0 Å². The third kappa shape index (κ3) is 8.02. The van der Waals surface area contributed by atoms with Crippen LogP contribution in [0.2, 0.25) is 5.02 Å². The molecule has 0 unspecified atom stereocenters. The molecule has 7 nitrogen and oxygen atoms in total. The van der Waals surface area contributed by atoms with Gasteiger partial charge in [0.15, 0.2) is 0 Å². The topological polar surface area (TPSA) is 74.3 Å². The van der Waals surface area contributed by atoms with Crippen LogP contribution in [0.25, 0.3) is 0 Å². The molecule has 0 aromatic heterocycles. The highest BCUT2D eigenvalue weighted by atomic mass is 35.5. The van der Waals surface area contributed by atoms with Gasteiger partial charge in [-0.25, -0.2) is 4.79 Å². The monoisotopic (exact) mass is 573 g/mol. The summed E-state index contributed by atoms with van der Waals surface area (Å²) < 4.78 is 21.6. The van der Waals surface area contributed by atoms with Gasteiger partial charge in [0.05, 0.1) is 21.3 Å². The molecule has 0 aliphatic heterocycles. The highest BCUT2D eigenvalue weighted by Gasteiger charge is 2.19. The van der Waals surface area contributed by atoms with Crippen molar-refractivity contribution in [1.82, 2.24) is 4.90 Å². The van der Waals surface area contributed by atoms with Gasteiger partial charge in [-0.05, 0) is 60.4 Å². The molecule has 1 amide bonds. The standard InChI is InChI=1S/C33H32ClNO6/c1-38-28-18-25(19-29(21-28)39-2)32(36)35(17-7-10-23-8-5-4-6-9-23)22-24-11-14-27(15-12-24)41-31-20-26(34)13-16-30(31)33(37)40-3/h4-6,8-9,11-16,18-21H,7,10,17,22H2,1-3H3. The van der Waals surface area contributed by atoms with Gasteiger partial charge in [0.25, 0.3) is 5.91 Å². The molecule has 0 saturated carbocycles. The fourth-order valence-corrected chi connectivity index (χ4v) is 4.52. The Balaban J connectivity index is 1.53. The summed E-state index contributed by atoms with van der Waals surface area (Å²) in [4.78, 5) is 27.7. The van der Waals surface area contributed by atoms with Gasteiger partial charge in [0.2, 0.25) is 0 Å². The van der Waals surface area contributed by atoms with Crippen molar-refractivity contribution in [3.8, 4) is 23.0 Å². The zero-order valence-corrected chi connectivity index (χ0v) is 24.0. The van der Waals surface area contributed by atoms with Crippen molar-refractivity contribution in [3.05, 3.63) is 118 Å². The van der Waals surface area contributed by atoms with E-state index in [2.05, 4.69) is 12.1 Å². The third-order valence-electron chi connectivity index (χ3n) is 6.50. The van der Waals surface area contributed by atoms with Crippen molar-refractivity contribution in [3.63, 3.8) is 0 Å². The number of esters is 1. The van der Waals surface area contributed by atoms with E-state index in [1.54, 1.807) is 62.8 Å². The first-order chi connectivity index (χ1) is 19.9. The van der Waals surface area contributed by atoms with E-state index in [1.807, 2.05) is 35.2 Å². The van der Waals surface area contributed by atoms with Crippen molar-refractivity contribution in [2.24, 2.45) is 0 Å². The molecule has 0 saturated heterocycles. The second-order valence-corrected chi connectivity index (χ2v) is 9.73. The highest BCUT2D eigenvalue weighted by Crippen LogP contribution is 2.30. The number of hydrogen-bond acceptors (Lipinski definition) is 6. The number of carbonyl (C=O) groups is 2. The lowest BCUT2D eigenvalue weighted by molar-refractivity contribution is 0.0597. The highest BCUT2D eigenvalue weighted by molar-refractivity contribution is 6.30. The first-order valence-electron chi connectivity index (χ1n) is 13.1. The van der Waals surface area contributed by atoms with Crippen LogP contribution in [0.1, 0.15) is 38.3 Å². The summed E-state index contributed by atoms with van der Waals surface area (Å²) in [6, 6.07) is 27.5. The van der Waals surface area contributed by atoms with Crippen LogP contribution in [0.15, 0.2) is 91.0 Å². The second kappa shape index (κ2) is 14.2. The molecule has 4 aromatic carbocycles. The number of amides is 1. The van der Waals surface area contributed by atoms with Crippen LogP contribution < -0.4 is 14.2 Å². The predicted octanol–water partition coefficient (Wildman–Crippen LogP) is 7.21. The first kappa shape index (κ1) is 29.5. The van der Waals surface area contributed by atoms with E-state index >= 15 is 0 Å². The Kier molecular flexibility index (Phi) is 10.2. The van der Waals surface area contributed by atoms with Gasteiger partial charge in [0.1, 0.15) is 28.6 Å². The van der Waals surface area contributed by atoms with Crippen LogP contribution in [0.3, 0.4) is 0 Å². The van der Waals surface area contributed by atoms with Gasteiger partial charge in [-0.3, -0.25) is 4.79 Å². The van der Waals surface area contributed by atoms with Crippen molar-refractivity contribution >= 4 is 23.5 Å². The molecule has 0 fully saturated rings. The van der Waals surface area contributed by atoms with E-state index < -0.39 is 5.97 Å². The smallest absolute Gasteiger partial charge is 0.341 e. The predicted molar refractivity (Wildman–Crippen MR) is 158 cm³/mol. The lowest BCUT2D eigenvalue weighted by atomic mass is 10.1. The Labute approximate surface area is 245 Å². The number of carbonyl (C=O) groups excluding carboxylic acids is 2. The van der Waals surface area contributed by atoms with Gasteiger partial charge < -0.3 is 23.8 Å². The van der Waals surface area contributed by atoms with Crippen LogP contribution >= 0.6 is 11.6 Å². The largest absolute Gasteiger partial charge is 0.497 e. The quantitative estimate of drug-likeness (QED) is 0.167. The molecule has 0 atom stereocenters. The minimum absolute atomic E-state index is 0.128. The minimum Gasteiger partial charge on any atom is -0.497 e. The van der Waals surface area contributed by atoms with E-state index in [1.165, 1.54) is 12.7 Å². The average Bonchev–Trinajstić information content (AvgIpc) is 3.01. The maximum absolute atomic E-state index is 13.7. The number of benzene rings is 4. The number of rotatable bonds is 12. The first-order valence-corrected chi connectivity index (χ1v) is 13.5. The molecule has 41 heavy (non-hydrogen) atoms. The average molecular weight is 574 g/mol. The Morgan fingerprint density at radius 2 is 1.44 bits per heavy atom. The Hall–Kier alpha value is -4.49. The Morgan fingerprint density at radius 3 is 2.07 bits per heavy atom. The molecule has 212 valence electrons. The molecule has 0 N–H and O–H groups in total. The number of nitrogens with zero attached hydrogens (tertiary/aromatic N) is 1. The molecule has 0 radical (unpaired) electrons. The molecular weight excluding hydrogens is 542 g/mol. The number of aryl methyl sites for hydroxylation is 1. The van der Waals surface area contributed by atoms with Crippen LogP contribution in [0, 0.1) is 0 Å². The lowest BCUT2D eigenvalue weighted by Gasteiger charge is -2.24. The lowest BCUT2D eigenvalue weighted by Crippen LogP contribution is -2.32. The molecule has 0 aliphatic carbocycles. The Bertz CT molecular complexity index is 1450. The number of methoxy groups -OCH3 is 3. The molecule has 8 heteroatoms. The summed E-state index contributed by atoms with van der Waals surface area (Å²) in [5.41, 5.74) is 2.89. The summed E-state index contributed by atoms with van der Waals surface area (Å²) in [7, 11) is 4.42. The molecule has 0 spiro atoms. The van der Waals surface area contributed by atoms with Crippen LogP contribution in [-0.2, 0) is 17.7 Å². The van der Waals surface area contributed by atoms with Crippen molar-refractivity contribution in [2.75, 3.05) is 27.9 Å². The van der Waals surface area contributed by atoms with Crippen LogP contribution in [-0.4, -0.2) is 44.7 Å².